The van der Waals surface area contributed by atoms with E-state index in [0.29, 0.717) is 19.5 Å². The fourth-order valence-electron chi connectivity index (χ4n) is 2.31. The fourth-order valence-corrected chi connectivity index (χ4v) is 3.12. The molecule has 7 heteroatoms. The number of nitrogens with zero attached hydrogens (tertiary/aromatic N) is 4. The molecule has 0 atom stereocenters. The molecule has 6 nitrogen and oxygen atoms in total. The summed E-state index contributed by atoms with van der Waals surface area (Å²) < 4.78 is 1.73. The van der Waals surface area contributed by atoms with Crippen LogP contribution in [-0.4, -0.2) is 32.2 Å². The van der Waals surface area contributed by atoms with Crippen LogP contribution in [0.3, 0.4) is 0 Å². The second-order valence-electron chi connectivity index (χ2n) is 5.35. The summed E-state index contributed by atoms with van der Waals surface area (Å²) in [7, 11) is 0. The first-order chi connectivity index (χ1) is 11.8. The maximum atomic E-state index is 11.8. The van der Waals surface area contributed by atoms with Crippen molar-refractivity contribution in [1.29, 1.82) is 0 Å². The molecule has 0 unspecified atom stereocenters. The summed E-state index contributed by atoms with van der Waals surface area (Å²) in [6.45, 7) is 1.32. The monoisotopic (exact) mass is 341 g/mol. The van der Waals surface area contributed by atoms with Crippen molar-refractivity contribution in [3.63, 3.8) is 0 Å². The summed E-state index contributed by atoms with van der Waals surface area (Å²) in [5.41, 5.74) is 2.12. The SMILES string of the molecule is O=C(CCCn1cncn1)NCCc1nc(-c2ccccc2)cs1. The topological polar surface area (TPSA) is 72.7 Å². The van der Waals surface area contributed by atoms with Gasteiger partial charge in [-0.2, -0.15) is 5.10 Å². The molecule has 0 aliphatic heterocycles. The third-order valence-corrected chi connectivity index (χ3v) is 4.45. The Kier molecular flexibility index (Phi) is 5.68. The van der Waals surface area contributed by atoms with Gasteiger partial charge in [-0.25, -0.2) is 9.97 Å². The van der Waals surface area contributed by atoms with Crippen molar-refractivity contribution in [2.24, 2.45) is 0 Å². The fraction of sp³-hybridized carbons (Fsp3) is 0.294. The minimum absolute atomic E-state index is 0.0648. The van der Waals surface area contributed by atoms with Gasteiger partial charge in [-0.3, -0.25) is 9.48 Å². The van der Waals surface area contributed by atoms with E-state index in [1.54, 1.807) is 22.3 Å². The van der Waals surface area contributed by atoms with E-state index >= 15 is 0 Å². The van der Waals surface area contributed by atoms with E-state index in [2.05, 4.69) is 37.9 Å². The van der Waals surface area contributed by atoms with Gasteiger partial charge in [-0.05, 0) is 6.42 Å². The van der Waals surface area contributed by atoms with Gasteiger partial charge in [0.05, 0.1) is 10.7 Å². The van der Waals surface area contributed by atoms with Crippen LogP contribution >= 0.6 is 11.3 Å². The first-order valence-corrected chi connectivity index (χ1v) is 8.78. The molecule has 0 spiro atoms. The molecule has 0 aliphatic rings. The highest BCUT2D eigenvalue weighted by Gasteiger charge is 2.06. The Hall–Kier alpha value is -2.54. The molecule has 0 saturated carbocycles. The lowest BCUT2D eigenvalue weighted by Gasteiger charge is -2.04. The molecule has 0 saturated heterocycles. The van der Waals surface area contributed by atoms with Crippen molar-refractivity contribution in [2.75, 3.05) is 6.54 Å². The van der Waals surface area contributed by atoms with E-state index in [4.69, 9.17) is 0 Å². The number of thiazole rings is 1. The molecule has 3 rings (SSSR count). The van der Waals surface area contributed by atoms with Crippen molar-refractivity contribution in [3.05, 3.63) is 53.4 Å². The van der Waals surface area contributed by atoms with Crippen LogP contribution in [-0.2, 0) is 17.8 Å². The van der Waals surface area contributed by atoms with Crippen LogP contribution in [0.15, 0.2) is 48.4 Å². The molecule has 0 aliphatic carbocycles. The average molecular weight is 341 g/mol. The highest BCUT2D eigenvalue weighted by atomic mass is 32.1. The minimum Gasteiger partial charge on any atom is -0.356 e. The summed E-state index contributed by atoms with van der Waals surface area (Å²) in [5.74, 6) is 0.0648. The predicted molar refractivity (Wildman–Crippen MR) is 93.5 cm³/mol. The molecule has 1 N–H and O–H groups in total. The number of carbonyl (C=O) groups is 1. The van der Waals surface area contributed by atoms with E-state index < -0.39 is 0 Å². The first kappa shape index (κ1) is 16.3. The smallest absolute Gasteiger partial charge is 0.220 e. The Morgan fingerprint density at radius 1 is 1.25 bits per heavy atom. The summed E-state index contributed by atoms with van der Waals surface area (Å²) in [5, 5.41) is 10.1. The molecule has 3 aromatic rings. The number of aromatic nitrogens is 4. The van der Waals surface area contributed by atoms with Gasteiger partial charge in [-0.1, -0.05) is 30.3 Å². The maximum absolute atomic E-state index is 11.8. The number of aryl methyl sites for hydroxylation is 1. The normalized spacial score (nSPS) is 10.7. The third-order valence-electron chi connectivity index (χ3n) is 3.54. The van der Waals surface area contributed by atoms with Gasteiger partial charge in [0.25, 0.3) is 0 Å². The lowest BCUT2D eigenvalue weighted by Crippen LogP contribution is -2.25. The highest BCUT2D eigenvalue weighted by Crippen LogP contribution is 2.21. The first-order valence-electron chi connectivity index (χ1n) is 7.90. The van der Waals surface area contributed by atoms with Gasteiger partial charge in [0, 0.05) is 36.9 Å². The summed E-state index contributed by atoms with van der Waals surface area (Å²) >= 11 is 1.63. The lowest BCUT2D eigenvalue weighted by atomic mass is 10.2. The van der Waals surface area contributed by atoms with Crippen LogP contribution in [0.2, 0.25) is 0 Å². The molecule has 0 bridgehead atoms. The Morgan fingerprint density at radius 3 is 2.92 bits per heavy atom. The zero-order chi connectivity index (χ0) is 16.6. The third kappa shape index (κ3) is 4.73. The second-order valence-corrected chi connectivity index (χ2v) is 6.30. The summed E-state index contributed by atoms with van der Waals surface area (Å²) in [6.07, 6.45) is 5.16. The zero-order valence-electron chi connectivity index (χ0n) is 13.3. The largest absolute Gasteiger partial charge is 0.356 e. The standard InChI is InChI=1S/C17H19N5OS/c23-16(7-4-10-22-13-18-12-20-22)19-9-8-17-21-15(11-24-17)14-5-2-1-3-6-14/h1-3,5-6,11-13H,4,7-10H2,(H,19,23). The average Bonchev–Trinajstić information content (AvgIpc) is 3.28. The number of hydrogen-bond donors (Lipinski definition) is 1. The van der Waals surface area contributed by atoms with Crippen LogP contribution in [0.4, 0.5) is 0 Å². The van der Waals surface area contributed by atoms with E-state index in [-0.39, 0.29) is 5.91 Å². The van der Waals surface area contributed by atoms with Crippen LogP contribution in [0.1, 0.15) is 17.8 Å². The molecule has 1 aromatic carbocycles. The van der Waals surface area contributed by atoms with Gasteiger partial charge in [0.1, 0.15) is 12.7 Å². The van der Waals surface area contributed by atoms with Gasteiger partial charge in [0.15, 0.2) is 0 Å². The van der Waals surface area contributed by atoms with Gasteiger partial charge in [0.2, 0.25) is 5.91 Å². The van der Waals surface area contributed by atoms with Crippen molar-refractivity contribution in [3.8, 4) is 11.3 Å². The van der Waals surface area contributed by atoms with Crippen LogP contribution in [0.25, 0.3) is 11.3 Å². The molecule has 2 aromatic heterocycles. The maximum Gasteiger partial charge on any atom is 0.220 e. The Morgan fingerprint density at radius 2 is 2.12 bits per heavy atom. The molecule has 2 heterocycles. The van der Waals surface area contributed by atoms with Crippen molar-refractivity contribution >= 4 is 17.2 Å². The number of rotatable bonds is 8. The van der Waals surface area contributed by atoms with E-state index in [1.165, 1.54) is 6.33 Å². The lowest BCUT2D eigenvalue weighted by molar-refractivity contribution is -0.121. The molecule has 1 amide bonds. The number of hydrogen-bond acceptors (Lipinski definition) is 5. The molecular weight excluding hydrogens is 322 g/mol. The Bertz CT molecular complexity index is 754. The van der Waals surface area contributed by atoms with E-state index in [0.717, 1.165) is 29.1 Å². The quantitative estimate of drug-likeness (QED) is 0.683. The van der Waals surface area contributed by atoms with Crippen LogP contribution in [0, 0.1) is 0 Å². The summed E-state index contributed by atoms with van der Waals surface area (Å²) in [4.78, 5) is 20.3. The van der Waals surface area contributed by atoms with Gasteiger partial charge in [-0.15, -0.1) is 11.3 Å². The predicted octanol–water partition coefficient (Wildman–Crippen LogP) is 2.54. The molecule has 0 fully saturated rings. The number of benzene rings is 1. The van der Waals surface area contributed by atoms with Crippen molar-refractivity contribution in [1.82, 2.24) is 25.1 Å². The van der Waals surface area contributed by atoms with E-state index in [1.807, 2.05) is 18.2 Å². The van der Waals surface area contributed by atoms with Crippen molar-refractivity contribution < 1.29 is 4.79 Å². The van der Waals surface area contributed by atoms with Crippen LogP contribution in [0.5, 0.6) is 0 Å². The highest BCUT2D eigenvalue weighted by molar-refractivity contribution is 7.09. The molecular formula is C17H19N5OS. The molecule has 0 radical (unpaired) electrons. The zero-order valence-corrected chi connectivity index (χ0v) is 14.1. The van der Waals surface area contributed by atoms with Crippen LogP contribution < -0.4 is 5.32 Å². The number of nitrogens with one attached hydrogen (secondary N) is 1. The van der Waals surface area contributed by atoms with Gasteiger partial charge >= 0.3 is 0 Å². The van der Waals surface area contributed by atoms with Gasteiger partial charge < -0.3 is 5.32 Å². The Labute approximate surface area is 144 Å². The van der Waals surface area contributed by atoms with E-state index in [9.17, 15) is 4.79 Å². The van der Waals surface area contributed by atoms with Crippen molar-refractivity contribution in [2.45, 2.75) is 25.8 Å². The number of amides is 1. The molecule has 24 heavy (non-hydrogen) atoms. The minimum atomic E-state index is 0.0648. The molecule has 124 valence electrons. The summed E-state index contributed by atoms with van der Waals surface area (Å²) in [6, 6.07) is 10.1. The Balaban J connectivity index is 1.37. The number of carbonyl (C=O) groups excluding carboxylic acids is 1. The second kappa shape index (κ2) is 8.35.